The lowest BCUT2D eigenvalue weighted by molar-refractivity contribution is -0.138. The monoisotopic (exact) mass is 315 g/mol. The molecule has 0 radical (unpaired) electrons. The summed E-state index contributed by atoms with van der Waals surface area (Å²) in [4.78, 5) is 0. The molecule has 0 bridgehead atoms. The summed E-state index contributed by atoms with van der Waals surface area (Å²) in [6, 6.07) is 9.81. The number of halogens is 4. The summed E-state index contributed by atoms with van der Waals surface area (Å²) in [6.45, 7) is 0.345. The number of rotatable bonds is 4. The van der Waals surface area contributed by atoms with Gasteiger partial charge in [-0.2, -0.15) is 13.2 Å². The molecule has 0 aliphatic carbocycles. The first-order valence-corrected chi connectivity index (χ1v) is 6.62. The molecule has 0 unspecified atom stereocenters. The van der Waals surface area contributed by atoms with Crippen molar-refractivity contribution in [3.63, 3.8) is 0 Å². The van der Waals surface area contributed by atoms with Gasteiger partial charge in [-0.15, -0.1) is 0 Å². The molecule has 112 valence electrons. The van der Waals surface area contributed by atoms with Crippen LogP contribution in [0.5, 0.6) is 11.5 Å². The number of ether oxygens (including phenoxy) is 1. The van der Waals surface area contributed by atoms with E-state index in [-0.39, 0.29) is 5.75 Å². The molecule has 0 amide bonds. The summed E-state index contributed by atoms with van der Waals surface area (Å²) < 4.78 is 44.3. The molecule has 6 heteroatoms. The van der Waals surface area contributed by atoms with E-state index in [1.165, 1.54) is 18.2 Å². The smallest absolute Gasteiger partial charge is 0.419 e. The van der Waals surface area contributed by atoms with Gasteiger partial charge in [0.1, 0.15) is 11.5 Å². The van der Waals surface area contributed by atoms with Crippen LogP contribution in [0, 0.1) is 0 Å². The molecule has 0 fully saturated rings. The van der Waals surface area contributed by atoms with Crippen LogP contribution in [0.2, 0.25) is 5.02 Å². The summed E-state index contributed by atoms with van der Waals surface area (Å²) in [5.41, 5.74) is 5.34. The van der Waals surface area contributed by atoms with E-state index < -0.39 is 11.7 Å². The van der Waals surface area contributed by atoms with Gasteiger partial charge in [0.2, 0.25) is 0 Å². The lowest BCUT2D eigenvalue weighted by atomic mass is 10.1. The van der Waals surface area contributed by atoms with E-state index in [9.17, 15) is 13.2 Å². The molecule has 21 heavy (non-hydrogen) atoms. The summed E-state index contributed by atoms with van der Waals surface area (Å²) in [5, 5.41) is 0.481. The number of hydrogen-bond donors (Lipinski definition) is 1. The average molecular weight is 316 g/mol. The van der Waals surface area contributed by atoms with Gasteiger partial charge in [-0.3, -0.25) is 0 Å². The second-order valence-electron chi connectivity index (χ2n) is 4.39. The van der Waals surface area contributed by atoms with Crippen LogP contribution in [0.3, 0.4) is 0 Å². The van der Waals surface area contributed by atoms with Gasteiger partial charge in [0, 0.05) is 5.02 Å². The van der Waals surface area contributed by atoms with E-state index in [1.54, 1.807) is 18.2 Å². The van der Waals surface area contributed by atoms with Gasteiger partial charge in [0.05, 0.1) is 5.56 Å². The van der Waals surface area contributed by atoms with Crippen molar-refractivity contribution in [1.82, 2.24) is 0 Å². The zero-order chi connectivity index (χ0) is 15.5. The Kier molecular flexibility index (Phi) is 4.75. The maximum atomic E-state index is 12.9. The van der Waals surface area contributed by atoms with Crippen LogP contribution in [-0.4, -0.2) is 6.54 Å². The minimum Gasteiger partial charge on any atom is -0.456 e. The maximum absolute atomic E-state index is 12.9. The minimum atomic E-state index is -4.48. The highest BCUT2D eigenvalue weighted by Gasteiger charge is 2.34. The summed E-state index contributed by atoms with van der Waals surface area (Å²) in [7, 11) is 0. The maximum Gasteiger partial charge on any atom is 0.419 e. The predicted octanol–water partition coefficient (Wildman–Crippen LogP) is 4.65. The van der Waals surface area contributed by atoms with E-state index >= 15 is 0 Å². The van der Waals surface area contributed by atoms with Crippen molar-refractivity contribution < 1.29 is 17.9 Å². The first kappa shape index (κ1) is 15.7. The van der Waals surface area contributed by atoms with Crippen LogP contribution in [0.4, 0.5) is 13.2 Å². The van der Waals surface area contributed by atoms with E-state index in [0.29, 0.717) is 29.3 Å². The summed E-state index contributed by atoms with van der Waals surface area (Å²) in [6.07, 6.45) is -4.01. The topological polar surface area (TPSA) is 35.2 Å². The van der Waals surface area contributed by atoms with E-state index in [2.05, 4.69) is 0 Å². The Hall–Kier alpha value is -1.72. The zero-order valence-electron chi connectivity index (χ0n) is 11.0. The van der Waals surface area contributed by atoms with Gasteiger partial charge in [0.25, 0.3) is 0 Å². The number of para-hydroxylation sites is 1. The predicted molar refractivity (Wildman–Crippen MR) is 75.7 cm³/mol. The van der Waals surface area contributed by atoms with Crippen molar-refractivity contribution in [3.05, 3.63) is 58.6 Å². The lowest BCUT2D eigenvalue weighted by Gasteiger charge is -2.15. The van der Waals surface area contributed by atoms with Crippen LogP contribution in [-0.2, 0) is 12.6 Å². The van der Waals surface area contributed by atoms with E-state index in [4.69, 9.17) is 22.1 Å². The third-order valence-electron chi connectivity index (χ3n) is 2.85. The highest BCUT2D eigenvalue weighted by Crippen LogP contribution is 2.38. The molecule has 0 atom stereocenters. The Bertz CT molecular complexity index is 629. The minimum absolute atomic E-state index is 0.245. The van der Waals surface area contributed by atoms with Crippen molar-refractivity contribution in [1.29, 1.82) is 0 Å². The Morgan fingerprint density at radius 2 is 1.76 bits per heavy atom. The summed E-state index contributed by atoms with van der Waals surface area (Å²) >= 11 is 5.88. The SMILES string of the molecule is NCCc1cc(Cl)ccc1Oc1ccccc1C(F)(F)F. The number of nitrogens with two attached hydrogens (primary N) is 1. The Morgan fingerprint density at radius 3 is 2.43 bits per heavy atom. The molecule has 2 aromatic rings. The first-order chi connectivity index (χ1) is 9.91. The van der Waals surface area contributed by atoms with Crippen molar-refractivity contribution >= 4 is 11.6 Å². The molecule has 2 rings (SSSR count). The average Bonchev–Trinajstić information content (AvgIpc) is 2.41. The fourth-order valence-electron chi connectivity index (χ4n) is 1.91. The Balaban J connectivity index is 2.39. The van der Waals surface area contributed by atoms with Gasteiger partial charge in [-0.05, 0) is 48.9 Å². The number of hydrogen-bond acceptors (Lipinski definition) is 2. The highest BCUT2D eigenvalue weighted by molar-refractivity contribution is 6.30. The van der Waals surface area contributed by atoms with Gasteiger partial charge < -0.3 is 10.5 Å². The van der Waals surface area contributed by atoms with Crippen LogP contribution < -0.4 is 10.5 Å². The van der Waals surface area contributed by atoms with Crippen molar-refractivity contribution in [2.75, 3.05) is 6.54 Å². The first-order valence-electron chi connectivity index (χ1n) is 6.24. The van der Waals surface area contributed by atoms with Gasteiger partial charge in [-0.1, -0.05) is 23.7 Å². The Labute approximate surface area is 125 Å². The quantitative estimate of drug-likeness (QED) is 0.891. The van der Waals surface area contributed by atoms with Gasteiger partial charge in [0.15, 0.2) is 0 Å². The molecular formula is C15H13ClF3NO. The molecule has 0 saturated carbocycles. The molecule has 2 nitrogen and oxygen atoms in total. The molecule has 0 saturated heterocycles. The number of benzene rings is 2. The third kappa shape index (κ3) is 3.89. The van der Waals surface area contributed by atoms with Crippen molar-refractivity contribution in [3.8, 4) is 11.5 Å². The largest absolute Gasteiger partial charge is 0.456 e. The number of alkyl halides is 3. The Morgan fingerprint density at radius 1 is 1.05 bits per heavy atom. The molecule has 0 spiro atoms. The van der Waals surface area contributed by atoms with Crippen LogP contribution in [0.25, 0.3) is 0 Å². The molecule has 0 aromatic heterocycles. The normalized spacial score (nSPS) is 11.5. The molecule has 2 aromatic carbocycles. The highest BCUT2D eigenvalue weighted by atomic mass is 35.5. The van der Waals surface area contributed by atoms with Crippen LogP contribution in [0.15, 0.2) is 42.5 Å². The van der Waals surface area contributed by atoms with Crippen LogP contribution in [0.1, 0.15) is 11.1 Å². The summed E-state index contributed by atoms with van der Waals surface area (Å²) in [5.74, 6) is 0.0761. The third-order valence-corrected chi connectivity index (χ3v) is 3.08. The molecule has 0 heterocycles. The second-order valence-corrected chi connectivity index (χ2v) is 4.82. The van der Waals surface area contributed by atoms with Crippen molar-refractivity contribution in [2.24, 2.45) is 5.73 Å². The van der Waals surface area contributed by atoms with Crippen LogP contribution >= 0.6 is 11.6 Å². The molecule has 0 aliphatic rings. The van der Waals surface area contributed by atoms with Gasteiger partial charge in [-0.25, -0.2) is 0 Å². The molecule has 2 N–H and O–H groups in total. The lowest BCUT2D eigenvalue weighted by Crippen LogP contribution is -2.08. The fraction of sp³-hybridized carbons (Fsp3) is 0.200. The van der Waals surface area contributed by atoms with Crippen molar-refractivity contribution in [2.45, 2.75) is 12.6 Å². The molecular weight excluding hydrogens is 303 g/mol. The van der Waals surface area contributed by atoms with E-state index in [1.807, 2.05) is 0 Å². The second kappa shape index (κ2) is 6.37. The zero-order valence-corrected chi connectivity index (χ0v) is 11.7. The molecule has 0 aliphatic heterocycles. The van der Waals surface area contributed by atoms with E-state index in [0.717, 1.165) is 6.07 Å². The van der Waals surface area contributed by atoms with Gasteiger partial charge >= 0.3 is 6.18 Å². The standard InChI is InChI=1S/C15H13ClF3NO/c16-11-5-6-13(10(9-11)7-8-20)21-14-4-2-1-3-12(14)15(17,18)19/h1-6,9H,7-8,20H2. The fourth-order valence-corrected chi connectivity index (χ4v) is 2.10.